The second kappa shape index (κ2) is 11.1. The van der Waals surface area contributed by atoms with Crippen LogP contribution >= 0.6 is 0 Å². The molecule has 2 aromatic heterocycles. The summed E-state index contributed by atoms with van der Waals surface area (Å²) in [5.41, 5.74) is 2.55. The van der Waals surface area contributed by atoms with Gasteiger partial charge in [0.15, 0.2) is 0 Å². The number of rotatable bonds is 8. The first-order valence-corrected chi connectivity index (χ1v) is 12.9. The Morgan fingerprint density at radius 3 is 2.47 bits per heavy atom. The molecule has 0 spiro atoms. The number of carbonyl (C=O) groups is 1. The second-order valence-electron chi connectivity index (χ2n) is 11.0. The number of benzene rings is 1. The molecule has 0 aliphatic heterocycles. The van der Waals surface area contributed by atoms with Gasteiger partial charge in [0.1, 0.15) is 11.5 Å². The van der Waals surface area contributed by atoms with E-state index in [-0.39, 0.29) is 11.3 Å². The molecule has 8 nitrogen and oxygen atoms in total. The van der Waals surface area contributed by atoms with E-state index >= 15 is 0 Å². The van der Waals surface area contributed by atoms with E-state index in [9.17, 15) is 4.79 Å². The topological polar surface area (TPSA) is 88.0 Å². The Balaban J connectivity index is 1.33. The number of carbonyl (C=O) groups excluding carboxylic acids is 1. The van der Waals surface area contributed by atoms with E-state index < -0.39 is 0 Å². The largest absolute Gasteiger partial charge is 0.363 e. The Morgan fingerprint density at radius 2 is 1.81 bits per heavy atom. The molecule has 1 fully saturated rings. The average molecular weight is 490 g/mol. The lowest BCUT2D eigenvalue weighted by molar-refractivity contribution is 0.0933. The predicted molar refractivity (Wildman–Crippen MR) is 145 cm³/mol. The molecule has 0 bridgehead atoms. The van der Waals surface area contributed by atoms with Crippen LogP contribution in [0.4, 0.5) is 11.8 Å². The Kier molecular flexibility index (Phi) is 7.91. The van der Waals surface area contributed by atoms with Gasteiger partial charge in [-0.05, 0) is 49.3 Å². The number of hydrogen-bond acceptors (Lipinski definition) is 6. The van der Waals surface area contributed by atoms with Gasteiger partial charge >= 0.3 is 0 Å². The zero-order valence-electron chi connectivity index (χ0n) is 22.2. The molecule has 2 N–H and O–H groups in total. The number of anilines is 2. The highest BCUT2D eigenvalue weighted by Gasteiger charge is 2.25. The van der Waals surface area contributed by atoms with Crippen molar-refractivity contribution in [2.24, 2.45) is 5.92 Å². The van der Waals surface area contributed by atoms with Gasteiger partial charge in [0.2, 0.25) is 5.95 Å². The van der Waals surface area contributed by atoms with E-state index in [1.807, 2.05) is 54.0 Å². The van der Waals surface area contributed by atoms with Gasteiger partial charge in [-0.2, -0.15) is 10.1 Å². The van der Waals surface area contributed by atoms with Gasteiger partial charge < -0.3 is 15.5 Å². The highest BCUT2D eigenvalue weighted by molar-refractivity contribution is 5.92. The lowest BCUT2D eigenvalue weighted by Crippen LogP contribution is -2.35. The van der Waals surface area contributed by atoms with Gasteiger partial charge in [-0.3, -0.25) is 9.48 Å². The minimum absolute atomic E-state index is 0.0527. The number of amides is 1. The molecular formula is C28H39N7O. The molecule has 0 atom stereocenters. The van der Waals surface area contributed by atoms with Crippen molar-refractivity contribution >= 4 is 17.7 Å². The molecule has 1 saturated carbocycles. The number of hydrogen-bond donors (Lipinski definition) is 2. The summed E-state index contributed by atoms with van der Waals surface area (Å²) in [5.74, 6) is 1.99. The minimum Gasteiger partial charge on any atom is -0.363 e. The van der Waals surface area contributed by atoms with E-state index in [2.05, 4.69) is 53.5 Å². The fourth-order valence-electron chi connectivity index (χ4n) is 4.53. The van der Waals surface area contributed by atoms with Gasteiger partial charge in [-0.25, -0.2) is 4.98 Å². The summed E-state index contributed by atoms with van der Waals surface area (Å²) in [7, 11) is 3.95. The molecule has 1 amide bonds. The Bertz CT molecular complexity index is 1140. The van der Waals surface area contributed by atoms with Crippen LogP contribution in [-0.2, 0) is 12.0 Å². The molecular weight excluding hydrogens is 450 g/mol. The summed E-state index contributed by atoms with van der Waals surface area (Å²) in [5, 5.41) is 11.5. The summed E-state index contributed by atoms with van der Waals surface area (Å²) in [6.07, 6.45) is 5.98. The highest BCUT2D eigenvalue weighted by Crippen LogP contribution is 2.26. The molecule has 8 heteroatoms. The first kappa shape index (κ1) is 25.7. The van der Waals surface area contributed by atoms with Gasteiger partial charge in [0.25, 0.3) is 5.91 Å². The third-order valence-corrected chi connectivity index (χ3v) is 6.79. The van der Waals surface area contributed by atoms with E-state index in [4.69, 9.17) is 5.10 Å². The van der Waals surface area contributed by atoms with Crippen LogP contribution in [0, 0.1) is 5.92 Å². The Morgan fingerprint density at radius 1 is 1.08 bits per heavy atom. The summed E-state index contributed by atoms with van der Waals surface area (Å²) >= 11 is 0. The van der Waals surface area contributed by atoms with Crippen LogP contribution in [0.2, 0.25) is 0 Å². The maximum Gasteiger partial charge on any atom is 0.269 e. The molecule has 0 unspecified atom stereocenters. The number of nitrogens with zero attached hydrogens (tertiary/aromatic N) is 5. The van der Waals surface area contributed by atoms with E-state index in [1.165, 1.54) is 0 Å². The molecule has 1 aromatic carbocycles. The fraction of sp³-hybridized carbons (Fsp3) is 0.500. The first-order valence-electron chi connectivity index (χ1n) is 12.9. The zero-order chi connectivity index (χ0) is 25.7. The Hall–Kier alpha value is -3.42. The van der Waals surface area contributed by atoms with E-state index in [0.717, 1.165) is 42.8 Å². The summed E-state index contributed by atoms with van der Waals surface area (Å²) in [4.78, 5) is 24.1. The molecule has 1 aliphatic carbocycles. The van der Waals surface area contributed by atoms with Crippen molar-refractivity contribution in [1.82, 2.24) is 25.1 Å². The second-order valence-corrected chi connectivity index (χ2v) is 11.0. The molecule has 3 aromatic rings. The Labute approximate surface area is 214 Å². The molecule has 0 radical (unpaired) electrons. The smallest absolute Gasteiger partial charge is 0.269 e. The molecule has 4 rings (SSSR count). The lowest BCUT2D eigenvalue weighted by atomic mass is 9.86. The van der Waals surface area contributed by atoms with Gasteiger partial charge in [0.05, 0.1) is 12.2 Å². The predicted octanol–water partition coefficient (Wildman–Crippen LogP) is 4.49. The van der Waals surface area contributed by atoms with Crippen molar-refractivity contribution in [3.8, 4) is 0 Å². The van der Waals surface area contributed by atoms with Crippen LogP contribution in [0.15, 0.2) is 48.7 Å². The molecule has 1 aliphatic rings. The van der Waals surface area contributed by atoms with Crippen molar-refractivity contribution in [3.05, 3.63) is 65.6 Å². The summed E-state index contributed by atoms with van der Waals surface area (Å²) in [6, 6.07) is 14.4. The van der Waals surface area contributed by atoms with E-state index in [1.54, 1.807) is 6.20 Å². The van der Waals surface area contributed by atoms with Crippen molar-refractivity contribution < 1.29 is 4.79 Å². The van der Waals surface area contributed by atoms with E-state index in [0.29, 0.717) is 36.7 Å². The van der Waals surface area contributed by atoms with Crippen LogP contribution in [0.1, 0.15) is 68.2 Å². The molecule has 0 saturated heterocycles. The molecule has 2 heterocycles. The summed E-state index contributed by atoms with van der Waals surface area (Å²) in [6.45, 7) is 7.63. The third-order valence-electron chi connectivity index (χ3n) is 6.79. The monoisotopic (exact) mass is 489 g/mol. The maximum absolute atomic E-state index is 13.2. The van der Waals surface area contributed by atoms with Gasteiger partial charge in [-0.15, -0.1) is 0 Å². The van der Waals surface area contributed by atoms with Crippen molar-refractivity contribution in [2.75, 3.05) is 30.9 Å². The van der Waals surface area contributed by atoms with Gasteiger partial charge in [-0.1, -0.05) is 51.1 Å². The quantitative estimate of drug-likeness (QED) is 0.485. The summed E-state index contributed by atoms with van der Waals surface area (Å²) < 4.78 is 1.84. The van der Waals surface area contributed by atoms with Crippen LogP contribution in [0.25, 0.3) is 0 Å². The number of nitrogens with one attached hydrogen (secondary N) is 2. The average Bonchev–Trinajstić information content (AvgIpc) is 3.29. The SMILES string of the molecule is CN(C)c1ccnc(NC2CCC(CNC(=O)c3cc(C(C)(C)C)nn3Cc3ccccc3)CC2)n1. The fourth-order valence-corrected chi connectivity index (χ4v) is 4.53. The maximum atomic E-state index is 13.2. The molecule has 192 valence electrons. The standard InChI is InChI=1S/C28H39N7O/c1-28(2,3)24-17-23(35(33-24)19-21-9-7-6-8-10-21)26(36)30-18-20-11-13-22(14-12-20)31-27-29-16-15-25(32-27)34(4)5/h6-10,15-17,20,22H,11-14,18-19H2,1-5H3,(H,30,36)(H,29,31,32). The lowest BCUT2D eigenvalue weighted by Gasteiger charge is -2.29. The molecule has 36 heavy (non-hydrogen) atoms. The van der Waals surface area contributed by atoms with Crippen LogP contribution in [0.3, 0.4) is 0 Å². The van der Waals surface area contributed by atoms with Crippen molar-refractivity contribution in [2.45, 2.75) is 64.5 Å². The van der Waals surface area contributed by atoms with Crippen molar-refractivity contribution in [3.63, 3.8) is 0 Å². The third kappa shape index (κ3) is 6.62. The number of aromatic nitrogens is 4. The normalized spacial score (nSPS) is 18.0. The zero-order valence-corrected chi connectivity index (χ0v) is 22.2. The van der Waals surface area contributed by atoms with Crippen LogP contribution < -0.4 is 15.5 Å². The minimum atomic E-state index is -0.127. The van der Waals surface area contributed by atoms with Crippen LogP contribution in [0.5, 0.6) is 0 Å². The highest BCUT2D eigenvalue weighted by atomic mass is 16.2. The first-order chi connectivity index (χ1) is 17.2. The van der Waals surface area contributed by atoms with Crippen molar-refractivity contribution in [1.29, 1.82) is 0 Å². The van der Waals surface area contributed by atoms with Crippen LogP contribution in [-0.4, -0.2) is 52.3 Å². The van der Waals surface area contributed by atoms with Gasteiger partial charge in [0, 0.05) is 38.3 Å².